The van der Waals surface area contributed by atoms with Gasteiger partial charge >= 0.3 is 0 Å². The van der Waals surface area contributed by atoms with Crippen molar-refractivity contribution in [2.45, 2.75) is 37.5 Å². The van der Waals surface area contributed by atoms with Crippen LogP contribution in [0.15, 0.2) is 0 Å². The summed E-state index contributed by atoms with van der Waals surface area (Å²) in [6.45, 7) is 0. The van der Waals surface area contributed by atoms with Crippen LogP contribution in [0.2, 0.25) is 0 Å². The van der Waals surface area contributed by atoms with Gasteiger partial charge in [-0.15, -0.1) is 0 Å². The van der Waals surface area contributed by atoms with Crippen LogP contribution in [0.1, 0.15) is 25.7 Å². The highest BCUT2D eigenvalue weighted by Gasteiger charge is 2.47. The van der Waals surface area contributed by atoms with Crippen molar-refractivity contribution < 1.29 is 5.11 Å². The highest BCUT2D eigenvalue weighted by Crippen LogP contribution is 2.43. The minimum atomic E-state index is -0.447. The average molecular weight is 112 g/mol. The van der Waals surface area contributed by atoms with E-state index in [0.29, 0.717) is 5.54 Å². The fourth-order valence-electron chi connectivity index (χ4n) is 1.44. The lowest BCUT2D eigenvalue weighted by Gasteiger charge is -2.03. The van der Waals surface area contributed by atoms with Gasteiger partial charge in [0.1, 0.15) is 6.23 Å². The third kappa shape index (κ3) is 0.565. The Bertz CT molecular complexity index is 109. The number of hydrogen-bond acceptors (Lipinski definition) is 1. The quantitative estimate of drug-likeness (QED) is 0.490. The Morgan fingerprint density at radius 1 is 1.38 bits per heavy atom. The molecule has 0 amide bonds. The van der Waals surface area contributed by atoms with E-state index in [0.717, 1.165) is 12.8 Å². The zero-order valence-electron chi connectivity index (χ0n) is 4.81. The predicted octanol–water partition coefficient (Wildman–Crippen LogP) is 0.659. The molecule has 0 aromatic rings. The van der Waals surface area contributed by atoms with Gasteiger partial charge in [0, 0.05) is 5.54 Å². The van der Waals surface area contributed by atoms with Gasteiger partial charge in [0.15, 0.2) is 0 Å². The first-order valence-corrected chi connectivity index (χ1v) is 3.24. The first-order chi connectivity index (χ1) is 3.81. The molecule has 2 rings (SSSR count). The largest absolute Gasteiger partial charge is 0.284 e. The highest BCUT2D eigenvalue weighted by atomic mass is 16.3. The number of hydrogen-bond donors (Lipinski definition) is 1. The summed E-state index contributed by atoms with van der Waals surface area (Å²) in [7, 11) is 0. The maximum atomic E-state index is 10.7. The van der Waals surface area contributed by atoms with Crippen LogP contribution in [0.25, 0.3) is 0 Å². The van der Waals surface area contributed by atoms with Gasteiger partial charge in [-0.25, -0.2) is 5.11 Å². The van der Waals surface area contributed by atoms with Gasteiger partial charge in [-0.05, 0) is 25.7 Å². The van der Waals surface area contributed by atoms with Gasteiger partial charge in [0.05, 0.1) is 0 Å². The summed E-state index contributed by atoms with van der Waals surface area (Å²) >= 11 is 0. The molecule has 1 heterocycles. The van der Waals surface area contributed by atoms with Crippen molar-refractivity contribution in [1.29, 1.82) is 0 Å². The molecule has 1 radical (unpaired) electrons. The first kappa shape index (κ1) is 4.77. The Morgan fingerprint density at radius 3 is 2.38 bits per heavy atom. The summed E-state index contributed by atoms with van der Waals surface area (Å²) in [5.41, 5.74) is 0.354. The SMILES string of the molecule is [O]C1CCC2(CC2)N1. The molecule has 8 heavy (non-hydrogen) atoms. The van der Waals surface area contributed by atoms with Crippen LogP contribution >= 0.6 is 0 Å². The molecule has 1 aliphatic carbocycles. The number of rotatable bonds is 0. The minimum absolute atomic E-state index is 0.354. The van der Waals surface area contributed by atoms with Gasteiger partial charge in [-0.2, -0.15) is 0 Å². The highest BCUT2D eigenvalue weighted by molar-refractivity contribution is 5.06. The van der Waals surface area contributed by atoms with Crippen molar-refractivity contribution in [3.05, 3.63) is 0 Å². The summed E-state index contributed by atoms with van der Waals surface area (Å²) in [5.74, 6) is 0. The van der Waals surface area contributed by atoms with Gasteiger partial charge < -0.3 is 0 Å². The minimum Gasteiger partial charge on any atom is -0.284 e. The van der Waals surface area contributed by atoms with E-state index in [1.54, 1.807) is 0 Å². The normalized spacial score (nSPS) is 40.9. The Hall–Kier alpha value is -0.0800. The maximum absolute atomic E-state index is 10.7. The zero-order valence-corrected chi connectivity index (χ0v) is 4.81. The molecule has 45 valence electrons. The van der Waals surface area contributed by atoms with Crippen molar-refractivity contribution in [2.75, 3.05) is 0 Å². The van der Waals surface area contributed by atoms with Crippen molar-refractivity contribution in [3.8, 4) is 0 Å². The van der Waals surface area contributed by atoms with Gasteiger partial charge in [-0.1, -0.05) is 0 Å². The first-order valence-electron chi connectivity index (χ1n) is 3.24. The van der Waals surface area contributed by atoms with Crippen LogP contribution < -0.4 is 5.32 Å². The van der Waals surface area contributed by atoms with Gasteiger partial charge in [-0.3, -0.25) is 5.32 Å². The fraction of sp³-hybridized carbons (Fsp3) is 1.00. The molecule has 1 aliphatic heterocycles. The summed E-state index contributed by atoms with van der Waals surface area (Å²) in [6, 6.07) is 0. The van der Waals surface area contributed by atoms with Crippen LogP contribution in [0.5, 0.6) is 0 Å². The third-order valence-corrected chi connectivity index (χ3v) is 2.21. The average Bonchev–Trinajstić information content (AvgIpc) is 2.34. The molecule has 2 fully saturated rings. The topological polar surface area (TPSA) is 31.9 Å². The number of nitrogens with one attached hydrogen (secondary N) is 1. The van der Waals surface area contributed by atoms with Crippen molar-refractivity contribution >= 4 is 0 Å². The Labute approximate surface area is 48.9 Å². The van der Waals surface area contributed by atoms with E-state index in [9.17, 15) is 5.11 Å². The van der Waals surface area contributed by atoms with Gasteiger partial charge in [0.2, 0.25) is 0 Å². The van der Waals surface area contributed by atoms with Crippen molar-refractivity contribution in [2.24, 2.45) is 0 Å². The lowest BCUT2D eigenvalue weighted by molar-refractivity contribution is 0.0713. The summed E-state index contributed by atoms with van der Waals surface area (Å²) < 4.78 is 0. The second-order valence-electron chi connectivity index (χ2n) is 2.95. The Morgan fingerprint density at radius 2 is 2.12 bits per heavy atom. The van der Waals surface area contributed by atoms with E-state index in [1.807, 2.05) is 0 Å². The van der Waals surface area contributed by atoms with Crippen LogP contribution in [0.3, 0.4) is 0 Å². The second kappa shape index (κ2) is 1.25. The zero-order chi connectivity index (χ0) is 5.61. The van der Waals surface area contributed by atoms with E-state index < -0.39 is 6.23 Å². The van der Waals surface area contributed by atoms with E-state index in [1.165, 1.54) is 12.8 Å². The molecule has 1 unspecified atom stereocenters. The molecular weight excluding hydrogens is 102 g/mol. The third-order valence-electron chi connectivity index (χ3n) is 2.21. The molecule has 0 bridgehead atoms. The molecule has 0 aromatic carbocycles. The molecule has 0 aromatic heterocycles. The lowest BCUT2D eigenvalue weighted by Crippen LogP contribution is -2.29. The lowest BCUT2D eigenvalue weighted by atomic mass is 10.2. The fourth-order valence-corrected chi connectivity index (χ4v) is 1.44. The summed E-state index contributed by atoms with van der Waals surface area (Å²) in [6.07, 6.45) is 4.01. The monoisotopic (exact) mass is 112 g/mol. The second-order valence-corrected chi connectivity index (χ2v) is 2.95. The smallest absolute Gasteiger partial charge is 0.144 e. The molecule has 2 nitrogen and oxygen atoms in total. The van der Waals surface area contributed by atoms with E-state index in [-0.39, 0.29) is 0 Å². The van der Waals surface area contributed by atoms with E-state index in [4.69, 9.17) is 0 Å². The molecular formula is C6H10NO. The predicted molar refractivity (Wildman–Crippen MR) is 28.8 cm³/mol. The standard InChI is InChI=1S/C6H10NO/c8-5-1-2-6(7-5)3-4-6/h5,7H,1-4H2. The molecule has 1 saturated heterocycles. The Kier molecular flexibility index (Phi) is 0.746. The van der Waals surface area contributed by atoms with E-state index >= 15 is 0 Å². The molecule has 1 atom stereocenters. The van der Waals surface area contributed by atoms with Crippen LogP contribution in [-0.4, -0.2) is 11.8 Å². The molecule has 2 heteroatoms. The molecule has 1 spiro atoms. The van der Waals surface area contributed by atoms with Crippen molar-refractivity contribution in [3.63, 3.8) is 0 Å². The summed E-state index contributed by atoms with van der Waals surface area (Å²) in [5, 5.41) is 13.7. The van der Waals surface area contributed by atoms with Crippen LogP contribution in [-0.2, 0) is 5.11 Å². The summed E-state index contributed by atoms with van der Waals surface area (Å²) in [4.78, 5) is 0. The van der Waals surface area contributed by atoms with Crippen LogP contribution in [0.4, 0.5) is 0 Å². The van der Waals surface area contributed by atoms with Crippen molar-refractivity contribution in [1.82, 2.24) is 5.32 Å². The molecule has 1 N–H and O–H groups in total. The van der Waals surface area contributed by atoms with Gasteiger partial charge in [0.25, 0.3) is 0 Å². The maximum Gasteiger partial charge on any atom is 0.144 e. The van der Waals surface area contributed by atoms with E-state index in [2.05, 4.69) is 5.32 Å². The molecule has 1 saturated carbocycles. The van der Waals surface area contributed by atoms with Crippen LogP contribution in [0, 0.1) is 0 Å². The Balaban J connectivity index is 2.03. The molecule has 2 aliphatic rings.